The van der Waals surface area contributed by atoms with Gasteiger partial charge in [-0.25, -0.2) is 0 Å². The lowest BCUT2D eigenvalue weighted by Gasteiger charge is -2.27. The van der Waals surface area contributed by atoms with Crippen molar-refractivity contribution >= 4 is 41.0 Å². The Bertz CT molecular complexity index is 1200. The second kappa shape index (κ2) is 8.18. The second-order valence-corrected chi connectivity index (χ2v) is 7.52. The third-order valence-corrected chi connectivity index (χ3v) is 5.47. The summed E-state index contributed by atoms with van der Waals surface area (Å²) >= 11 is 0. The number of ketones is 1. The molecule has 2 aliphatic heterocycles. The predicted octanol–water partition coefficient (Wildman–Crippen LogP) is 1.93. The van der Waals surface area contributed by atoms with Crippen LogP contribution in [0.5, 0.6) is 0 Å². The van der Waals surface area contributed by atoms with E-state index in [1.807, 2.05) is 0 Å². The number of piperidine rings is 1. The van der Waals surface area contributed by atoms with E-state index in [1.165, 1.54) is 18.2 Å². The number of rotatable bonds is 5. The predicted molar refractivity (Wildman–Crippen MR) is 112 cm³/mol. The monoisotopic (exact) mass is 433 g/mol. The first-order valence-electron chi connectivity index (χ1n) is 10.1. The molecule has 9 nitrogen and oxygen atoms in total. The molecule has 0 saturated carbocycles. The molecule has 162 valence electrons. The third kappa shape index (κ3) is 3.68. The molecule has 2 aliphatic rings. The number of benzene rings is 2. The van der Waals surface area contributed by atoms with Crippen LogP contribution in [-0.4, -0.2) is 46.3 Å². The molecule has 1 unspecified atom stereocenters. The van der Waals surface area contributed by atoms with Crippen molar-refractivity contribution in [3.8, 4) is 0 Å². The lowest BCUT2D eigenvalue weighted by atomic mass is 10.0. The van der Waals surface area contributed by atoms with Crippen LogP contribution in [-0.2, 0) is 9.59 Å². The standard InChI is InChI=1S/C23H19N3O6/c1-2-18(27)12-4-3-5-14(10-12)24-20(29)13-6-7-15-16(11-13)23(32)26(22(15)31)17-8-9-19(28)25-21(17)30/h3-7,10-11,17H,2,8-9H2,1H3,(H,24,29)(H,25,28,30). The highest BCUT2D eigenvalue weighted by atomic mass is 16.2. The van der Waals surface area contributed by atoms with Crippen LogP contribution in [0.2, 0.25) is 0 Å². The molecule has 2 heterocycles. The molecule has 4 rings (SSSR count). The summed E-state index contributed by atoms with van der Waals surface area (Å²) in [6.45, 7) is 1.74. The summed E-state index contributed by atoms with van der Waals surface area (Å²) in [6.07, 6.45) is 0.412. The fraction of sp³-hybridized carbons (Fsp3) is 0.217. The van der Waals surface area contributed by atoms with E-state index in [2.05, 4.69) is 10.6 Å². The van der Waals surface area contributed by atoms with Crippen LogP contribution >= 0.6 is 0 Å². The fourth-order valence-corrected chi connectivity index (χ4v) is 3.79. The van der Waals surface area contributed by atoms with Crippen molar-refractivity contribution in [2.45, 2.75) is 32.2 Å². The molecule has 0 bridgehead atoms. The number of Topliss-reactive ketones (excluding diaryl/α,β-unsaturated/α-hetero) is 1. The SMILES string of the molecule is CCC(=O)c1cccc(NC(=O)c2ccc3c(c2)C(=O)N(C2CCC(=O)NC2=O)C3=O)c1. The highest BCUT2D eigenvalue weighted by Crippen LogP contribution is 2.28. The highest BCUT2D eigenvalue weighted by Gasteiger charge is 2.44. The molecule has 2 aromatic carbocycles. The first kappa shape index (κ1) is 21.1. The van der Waals surface area contributed by atoms with E-state index in [9.17, 15) is 28.8 Å². The minimum atomic E-state index is -1.07. The van der Waals surface area contributed by atoms with Crippen molar-refractivity contribution in [3.63, 3.8) is 0 Å². The Hall–Kier alpha value is -4.14. The number of amides is 5. The lowest BCUT2D eigenvalue weighted by molar-refractivity contribution is -0.136. The lowest BCUT2D eigenvalue weighted by Crippen LogP contribution is -2.54. The number of anilines is 1. The summed E-state index contributed by atoms with van der Waals surface area (Å²) in [5.41, 5.74) is 1.14. The molecule has 0 radical (unpaired) electrons. The van der Waals surface area contributed by atoms with Crippen molar-refractivity contribution in [2.75, 3.05) is 5.32 Å². The van der Waals surface area contributed by atoms with E-state index in [4.69, 9.17) is 0 Å². The molecule has 1 atom stereocenters. The summed E-state index contributed by atoms with van der Waals surface area (Å²) in [7, 11) is 0. The summed E-state index contributed by atoms with van der Waals surface area (Å²) in [6, 6.07) is 9.52. The van der Waals surface area contributed by atoms with Gasteiger partial charge in [-0.3, -0.25) is 39.0 Å². The zero-order valence-corrected chi connectivity index (χ0v) is 17.1. The normalized spacial score (nSPS) is 17.8. The summed E-state index contributed by atoms with van der Waals surface area (Å²) in [5.74, 6) is -3.06. The average Bonchev–Trinajstić information content (AvgIpc) is 3.03. The van der Waals surface area contributed by atoms with Crippen molar-refractivity contribution < 1.29 is 28.8 Å². The van der Waals surface area contributed by atoms with Gasteiger partial charge in [-0.1, -0.05) is 19.1 Å². The number of carbonyl (C=O) groups is 6. The van der Waals surface area contributed by atoms with Crippen LogP contribution in [0.25, 0.3) is 0 Å². The van der Waals surface area contributed by atoms with Crippen LogP contribution in [0.3, 0.4) is 0 Å². The first-order chi connectivity index (χ1) is 15.3. The molecule has 0 spiro atoms. The zero-order chi connectivity index (χ0) is 23.0. The molecule has 1 fully saturated rings. The summed E-state index contributed by atoms with van der Waals surface area (Å²) in [5, 5.41) is 4.81. The van der Waals surface area contributed by atoms with Crippen molar-refractivity contribution in [2.24, 2.45) is 0 Å². The molecular weight excluding hydrogens is 414 g/mol. The maximum Gasteiger partial charge on any atom is 0.262 e. The maximum atomic E-state index is 12.9. The molecule has 2 N–H and O–H groups in total. The molecule has 1 saturated heterocycles. The molecule has 32 heavy (non-hydrogen) atoms. The summed E-state index contributed by atoms with van der Waals surface area (Å²) in [4.78, 5) is 74.6. The number of nitrogens with one attached hydrogen (secondary N) is 2. The quantitative estimate of drug-likeness (QED) is 0.548. The minimum absolute atomic E-state index is 0.0160. The van der Waals surface area contributed by atoms with E-state index < -0.39 is 35.6 Å². The maximum absolute atomic E-state index is 12.9. The van der Waals surface area contributed by atoms with E-state index in [0.29, 0.717) is 17.7 Å². The average molecular weight is 433 g/mol. The smallest absolute Gasteiger partial charge is 0.262 e. The third-order valence-electron chi connectivity index (χ3n) is 5.47. The van der Waals surface area contributed by atoms with Crippen LogP contribution < -0.4 is 10.6 Å². The number of nitrogens with zero attached hydrogens (tertiary/aromatic N) is 1. The van der Waals surface area contributed by atoms with E-state index in [1.54, 1.807) is 31.2 Å². The van der Waals surface area contributed by atoms with Crippen LogP contribution in [0.4, 0.5) is 5.69 Å². The Labute approximate surface area is 182 Å². The van der Waals surface area contributed by atoms with E-state index in [-0.39, 0.29) is 35.3 Å². The number of hydrogen-bond donors (Lipinski definition) is 2. The Morgan fingerprint density at radius 1 is 1.00 bits per heavy atom. The van der Waals surface area contributed by atoms with Gasteiger partial charge in [0.1, 0.15) is 6.04 Å². The Balaban J connectivity index is 1.56. The minimum Gasteiger partial charge on any atom is -0.322 e. The molecule has 0 aromatic heterocycles. The topological polar surface area (TPSA) is 130 Å². The molecule has 5 amide bonds. The number of imide groups is 2. The first-order valence-corrected chi connectivity index (χ1v) is 10.1. The van der Waals surface area contributed by atoms with Gasteiger partial charge >= 0.3 is 0 Å². The second-order valence-electron chi connectivity index (χ2n) is 7.52. The number of carbonyl (C=O) groups excluding carboxylic acids is 6. The highest BCUT2D eigenvalue weighted by molar-refractivity contribution is 6.24. The van der Waals surface area contributed by atoms with Gasteiger partial charge in [0.05, 0.1) is 11.1 Å². The van der Waals surface area contributed by atoms with Gasteiger partial charge < -0.3 is 5.32 Å². The molecule has 0 aliphatic carbocycles. The van der Waals surface area contributed by atoms with Crippen molar-refractivity contribution in [1.82, 2.24) is 10.2 Å². The van der Waals surface area contributed by atoms with Gasteiger partial charge in [-0.2, -0.15) is 0 Å². The summed E-state index contributed by atoms with van der Waals surface area (Å²) < 4.78 is 0. The number of fused-ring (bicyclic) bond motifs is 1. The van der Waals surface area contributed by atoms with Gasteiger partial charge in [-0.05, 0) is 36.8 Å². The number of hydrogen-bond acceptors (Lipinski definition) is 6. The van der Waals surface area contributed by atoms with Crippen molar-refractivity contribution in [3.05, 3.63) is 64.7 Å². The molecular formula is C23H19N3O6. The zero-order valence-electron chi connectivity index (χ0n) is 17.1. The Morgan fingerprint density at radius 3 is 2.47 bits per heavy atom. The van der Waals surface area contributed by atoms with Crippen LogP contribution in [0, 0.1) is 0 Å². The fourth-order valence-electron chi connectivity index (χ4n) is 3.79. The van der Waals surface area contributed by atoms with E-state index in [0.717, 1.165) is 4.90 Å². The van der Waals surface area contributed by atoms with Gasteiger partial charge in [0.2, 0.25) is 11.8 Å². The van der Waals surface area contributed by atoms with Gasteiger partial charge in [0.25, 0.3) is 17.7 Å². The molecule has 9 heteroatoms. The van der Waals surface area contributed by atoms with E-state index >= 15 is 0 Å². The largest absolute Gasteiger partial charge is 0.322 e. The van der Waals surface area contributed by atoms with Crippen LogP contribution in [0.1, 0.15) is 67.6 Å². The molecule has 2 aromatic rings. The van der Waals surface area contributed by atoms with Crippen molar-refractivity contribution in [1.29, 1.82) is 0 Å². The van der Waals surface area contributed by atoms with Gasteiger partial charge in [-0.15, -0.1) is 0 Å². The van der Waals surface area contributed by atoms with Gasteiger partial charge in [0.15, 0.2) is 5.78 Å². The van der Waals surface area contributed by atoms with Crippen LogP contribution in [0.15, 0.2) is 42.5 Å². The Morgan fingerprint density at radius 2 is 1.75 bits per heavy atom. The van der Waals surface area contributed by atoms with Gasteiger partial charge in [0, 0.05) is 29.7 Å². The Kier molecular flexibility index (Phi) is 5.40.